The molecule has 2 nitrogen and oxygen atoms in total. The van der Waals surface area contributed by atoms with E-state index in [1.807, 2.05) is 6.07 Å². The summed E-state index contributed by atoms with van der Waals surface area (Å²) in [5, 5.41) is 2.42. The van der Waals surface area contributed by atoms with E-state index in [-0.39, 0.29) is 12.1 Å². The molecule has 0 amide bonds. The van der Waals surface area contributed by atoms with Crippen LogP contribution in [0.5, 0.6) is 0 Å². The highest BCUT2D eigenvalue weighted by Crippen LogP contribution is 2.39. The van der Waals surface area contributed by atoms with Crippen LogP contribution in [0.3, 0.4) is 0 Å². The molecular weight excluding hydrogens is 260 g/mol. The molecule has 1 fully saturated rings. The smallest absolute Gasteiger partial charge is 0.303 e. The predicted octanol–water partition coefficient (Wildman–Crippen LogP) is 5.02. The van der Waals surface area contributed by atoms with E-state index < -0.39 is 0 Å². The predicted molar refractivity (Wildman–Crippen MR) is 85.0 cm³/mol. The van der Waals surface area contributed by atoms with Gasteiger partial charge in [-0.2, -0.15) is 0 Å². The van der Waals surface area contributed by atoms with Crippen LogP contribution in [-0.4, -0.2) is 5.97 Å². The average molecular weight is 282 g/mol. The zero-order valence-corrected chi connectivity index (χ0v) is 12.5. The van der Waals surface area contributed by atoms with Crippen molar-refractivity contribution < 1.29 is 9.53 Å². The highest BCUT2D eigenvalue weighted by Gasteiger charge is 2.28. The van der Waals surface area contributed by atoms with Gasteiger partial charge in [0.1, 0.15) is 6.10 Å². The minimum absolute atomic E-state index is 0.103. The van der Waals surface area contributed by atoms with E-state index in [1.54, 1.807) is 0 Å². The molecule has 1 atom stereocenters. The first-order valence-electron chi connectivity index (χ1n) is 7.90. The van der Waals surface area contributed by atoms with Gasteiger partial charge in [0.15, 0.2) is 0 Å². The summed E-state index contributed by atoms with van der Waals surface area (Å²) < 4.78 is 5.75. The second-order valence-corrected chi connectivity index (χ2v) is 6.00. The van der Waals surface area contributed by atoms with E-state index in [9.17, 15) is 4.79 Å². The van der Waals surface area contributed by atoms with Crippen molar-refractivity contribution in [3.8, 4) is 0 Å². The summed E-state index contributed by atoms with van der Waals surface area (Å²) in [6.07, 6.45) is 6.00. The van der Waals surface area contributed by atoms with Gasteiger partial charge >= 0.3 is 5.97 Å². The molecule has 1 unspecified atom stereocenters. The van der Waals surface area contributed by atoms with Gasteiger partial charge in [-0.15, -0.1) is 0 Å². The van der Waals surface area contributed by atoms with Gasteiger partial charge in [0.25, 0.3) is 0 Å². The summed E-state index contributed by atoms with van der Waals surface area (Å²) in [7, 11) is 0. The molecular formula is C19H22O2. The van der Waals surface area contributed by atoms with E-state index in [1.165, 1.54) is 37.0 Å². The third-order valence-corrected chi connectivity index (χ3v) is 4.50. The number of hydrogen-bond donors (Lipinski definition) is 0. The molecule has 110 valence electrons. The molecule has 2 aromatic carbocycles. The monoisotopic (exact) mass is 282 g/mol. The highest BCUT2D eigenvalue weighted by atomic mass is 16.5. The van der Waals surface area contributed by atoms with Crippen LogP contribution >= 0.6 is 0 Å². The van der Waals surface area contributed by atoms with E-state index >= 15 is 0 Å². The molecule has 2 heteroatoms. The largest absolute Gasteiger partial charge is 0.457 e. The summed E-state index contributed by atoms with van der Waals surface area (Å²) in [6.45, 7) is 1.51. The normalized spacial score (nSPS) is 17.6. The summed E-state index contributed by atoms with van der Waals surface area (Å²) in [5.74, 6) is 0.270. The first-order chi connectivity index (χ1) is 10.3. The first kappa shape index (κ1) is 14.1. The molecule has 21 heavy (non-hydrogen) atoms. The number of carbonyl (C=O) groups is 1. The Hall–Kier alpha value is -1.83. The molecule has 0 radical (unpaired) electrons. The van der Waals surface area contributed by atoms with Crippen LogP contribution in [0.25, 0.3) is 10.8 Å². The number of fused-ring (bicyclic) bond motifs is 1. The van der Waals surface area contributed by atoms with Crippen molar-refractivity contribution in [2.75, 3.05) is 0 Å². The standard InChI is InChI=1S/C19H22O2/c1-14(20)21-19(16-9-3-2-4-10-16)18-13-7-11-15-8-5-6-12-17(15)18/h5-8,11-13,16,19H,2-4,9-10H2,1H3. The van der Waals surface area contributed by atoms with Crippen molar-refractivity contribution in [1.29, 1.82) is 0 Å². The van der Waals surface area contributed by atoms with Crippen molar-refractivity contribution in [3.05, 3.63) is 48.0 Å². The Labute approximate surface area is 126 Å². The number of benzene rings is 2. The van der Waals surface area contributed by atoms with Gasteiger partial charge in [0, 0.05) is 18.4 Å². The second-order valence-electron chi connectivity index (χ2n) is 6.00. The lowest BCUT2D eigenvalue weighted by molar-refractivity contribution is -0.150. The Balaban J connectivity index is 2.02. The summed E-state index contributed by atoms with van der Waals surface area (Å²) in [6, 6.07) is 14.6. The van der Waals surface area contributed by atoms with E-state index in [0.717, 1.165) is 18.4 Å². The lowest BCUT2D eigenvalue weighted by Crippen LogP contribution is -2.21. The molecule has 0 aromatic heterocycles. The minimum Gasteiger partial charge on any atom is -0.457 e. The molecule has 0 bridgehead atoms. The maximum atomic E-state index is 11.6. The molecule has 1 aliphatic rings. The van der Waals surface area contributed by atoms with Crippen LogP contribution in [0.1, 0.15) is 50.7 Å². The molecule has 1 aliphatic carbocycles. The van der Waals surface area contributed by atoms with Crippen LogP contribution in [0, 0.1) is 5.92 Å². The number of hydrogen-bond acceptors (Lipinski definition) is 2. The zero-order valence-electron chi connectivity index (χ0n) is 12.5. The lowest BCUT2D eigenvalue weighted by Gasteiger charge is -2.30. The van der Waals surface area contributed by atoms with Crippen molar-refractivity contribution in [2.45, 2.75) is 45.1 Å². The summed E-state index contributed by atoms with van der Waals surface area (Å²) in [5.41, 5.74) is 1.16. The van der Waals surface area contributed by atoms with Gasteiger partial charge < -0.3 is 4.74 Å². The number of ether oxygens (including phenoxy) is 1. The van der Waals surface area contributed by atoms with Gasteiger partial charge in [0.2, 0.25) is 0 Å². The Morgan fingerprint density at radius 1 is 1.05 bits per heavy atom. The third-order valence-electron chi connectivity index (χ3n) is 4.50. The molecule has 0 spiro atoms. The highest BCUT2D eigenvalue weighted by molar-refractivity contribution is 5.86. The number of esters is 1. The second kappa shape index (κ2) is 6.30. The van der Waals surface area contributed by atoms with E-state index in [2.05, 4.69) is 36.4 Å². The topological polar surface area (TPSA) is 26.3 Å². The molecule has 1 saturated carbocycles. The molecule has 0 N–H and O–H groups in total. The number of carbonyl (C=O) groups excluding carboxylic acids is 1. The fourth-order valence-electron chi connectivity index (χ4n) is 3.53. The molecule has 2 aromatic rings. The van der Waals surface area contributed by atoms with E-state index in [4.69, 9.17) is 4.74 Å². The minimum atomic E-state index is -0.182. The Morgan fingerprint density at radius 2 is 1.76 bits per heavy atom. The van der Waals surface area contributed by atoms with Gasteiger partial charge in [0.05, 0.1) is 0 Å². The summed E-state index contributed by atoms with van der Waals surface area (Å²) >= 11 is 0. The van der Waals surface area contributed by atoms with Crippen molar-refractivity contribution in [2.24, 2.45) is 5.92 Å². The molecule has 3 rings (SSSR count). The van der Waals surface area contributed by atoms with E-state index in [0.29, 0.717) is 5.92 Å². The van der Waals surface area contributed by atoms with Gasteiger partial charge in [-0.1, -0.05) is 61.7 Å². The zero-order chi connectivity index (χ0) is 14.7. The van der Waals surface area contributed by atoms with Gasteiger partial charge in [-0.3, -0.25) is 4.79 Å². The Kier molecular flexibility index (Phi) is 4.23. The maximum absolute atomic E-state index is 11.6. The summed E-state index contributed by atoms with van der Waals surface area (Å²) in [4.78, 5) is 11.6. The van der Waals surface area contributed by atoms with Crippen molar-refractivity contribution in [1.82, 2.24) is 0 Å². The molecule has 0 heterocycles. The van der Waals surface area contributed by atoms with Crippen molar-refractivity contribution in [3.63, 3.8) is 0 Å². The molecule has 0 aliphatic heterocycles. The lowest BCUT2D eigenvalue weighted by atomic mass is 9.81. The fourth-order valence-corrected chi connectivity index (χ4v) is 3.53. The third kappa shape index (κ3) is 3.10. The SMILES string of the molecule is CC(=O)OC(c1cccc2ccccc12)C1CCCCC1. The average Bonchev–Trinajstić information content (AvgIpc) is 2.53. The molecule has 0 saturated heterocycles. The van der Waals surface area contributed by atoms with Crippen LogP contribution in [-0.2, 0) is 9.53 Å². The fraction of sp³-hybridized carbons (Fsp3) is 0.421. The maximum Gasteiger partial charge on any atom is 0.303 e. The van der Waals surface area contributed by atoms with Crippen LogP contribution in [0.2, 0.25) is 0 Å². The Bertz CT molecular complexity index is 621. The van der Waals surface area contributed by atoms with Crippen LogP contribution < -0.4 is 0 Å². The quantitative estimate of drug-likeness (QED) is 0.738. The number of rotatable bonds is 3. The Morgan fingerprint density at radius 3 is 2.52 bits per heavy atom. The van der Waals surface area contributed by atoms with Crippen LogP contribution in [0.4, 0.5) is 0 Å². The van der Waals surface area contributed by atoms with Gasteiger partial charge in [-0.05, 0) is 23.6 Å². The van der Waals surface area contributed by atoms with Crippen LogP contribution in [0.15, 0.2) is 42.5 Å². The van der Waals surface area contributed by atoms with Crippen molar-refractivity contribution >= 4 is 16.7 Å². The first-order valence-corrected chi connectivity index (χ1v) is 7.90. The van der Waals surface area contributed by atoms with Gasteiger partial charge in [-0.25, -0.2) is 0 Å².